The van der Waals surface area contributed by atoms with Gasteiger partial charge in [0, 0.05) is 23.9 Å². The Balaban J connectivity index is 2.62. The first-order valence-electron chi connectivity index (χ1n) is 5.17. The molecule has 0 aliphatic heterocycles. The Morgan fingerprint density at radius 1 is 1.44 bits per heavy atom. The van der Waals surface area contributed by atoms with Gasteiger partial charge in [0.2, 0.25) is 5.88 Å². The fourth-order valence-corrected chi connectivity index (χ4v) is 1.22. The Hall–Kier alpha value is -1.62. The van der Waals surface area contributed by atoms with Crippen molar-refractivity contribution < 1.29 is 9.47 Å². The van der Waals surface area contributed by atoms with Crippen LogP contribution in [0.2, 0.25) is 0 Å². The van der Waals surface area contributed by atoms with E-state index in [1.54, 1.807) is 12.1 Å². The van der Waals surface area contributed by atoms with E-state index in [-0.39, 0.29) is 5.84 Å². The fraction of sp³-hybridized carbons (Fsp3) is 0.455. The Kier molecular flexibility index (Phi) is 4.72. The zero-order valence-electron chi connectivity index (χ0n) is 9.62. The van der Waals surface area contributed by atoms with Gasteiger partial charge in [0.1, 0.15) is 12.4 Å². The Morgan fingerprint density at radius 2 is 2.19 bits per heavy atom. The lowest BCUT2D eigenvalue weighted by atomic mass is 10.2. The Morgan fingerprint density at radius 3 is 2.81 bits per heavy atom. The molecule has 3 N–H and O–H groups in total. The molecule has 5 nitrogen and oxygen atoms in total. The molecule has 0 aliphatic rings. The molecule has 0 atom stereocenters. The molecule has 0 aliphatic carbocycles. The second kappa shape index (κ2) is 6.07. The minimum Gasteiger partial charge on any atom is -0.475 e. The zero-order valence-corrected chi connectivity index (χ0v) is 9.62. The third-order valence-corrected chi connectivity index (χ3v) is 1.92. The van der Waals surface area contributed by atoms with Crippen molar-refractivity contribution in [2.45, 2.75) is 13.8 Å². The Bertz CT molecular complexity index is 366. The first-order valence-corrected chi connectivity index (χ1v) is 5.17. The molecule has 0 saturated carbocycles. The van der Waals surface area contributed by atoms with Crippen LogP contribution in [0.1, 0.15) is 18.2 Å². The van der Waals surface area contributed by atoms with Crippen molar-refractivity contribution in [1.29, 1.82) is 5.41 Å². The molecule has 16 heavy (non-hydrogen) atoms. The van der Waals surface area contributed by atoms with E-state index in [1.165, 1.54) is 0 Å². The number of nitrogens with two attached hydrogens (primary N) is 1. The van der Waals surface area contributed by atoms with E-state index in [2.05, 4.69) is 4.98 Å². The van der Waals surface area contributed by atoms with Gasteiger partial charge in [0.25, 0.3) is 0 Å². The number of aromatic nitrogens is 1. The standard InChI is InChI=1S/C11H17N3O2/c1-3-15-4-5-16-10-7-9(11(12)13)6-8(2)14-10/h6-7H,3-5H2,1-2H3,(H3,12,13). The maximum absolute atomic E-state index is 7.34. The minimum atomic E-state index is 0.0140. The van der Waals surface area contributed by atoms with Crippen LogP contribution in [0.15, 0.2) is 12.1 Å². The molecule has 0 amide bonds. The van der Waals surface area contributed by atoms with E-state index in [1.807, 2.05) is 13.8 Å². The maximum atomic E-state index is 7.34. The molecule has 0 radical (unpaired) electrons. The van der Waals surface area contributed by atoms with Crippen LogP contribution in [0.3, 0.4) is 0 Å². The molecule has 0 aromatic carbocycles. The fourth-order valence-electron chi connectivity index (χ4n) is 1.22. The van der Waals surface area contributed by atoms with Crippen molar-refractivity contribution in [2.75, 3.05) is 19.8 Å². The van der Waals surface area contributed by atoms with Gasteiger partial charge in [-0.15, -0.1) is 0 Å². The van der Waals surface area contributed by atoms with Crippen LogP contribution in [-0.2, 0) is 4.74 Å². The largest absolute Gasteiger partial charge is 0.475 e. The van der Waals surface area contributed by atoms with E-state index in [9.17, 15) is 0 Å². The van der Waals surface area contributed by atoms with Gasteiger partial charge in [0.15, 0.2) is 0 Å². The first kappa shape index (κ1) is 12.4. The number of pyridine rings is 1. The van der Waals surface area contributed by atoms with Crippen LogP contribution in [-0.4, -0.2) is 30.6 Å². The SMILES string of the molecule is CCOCCOc1cc(C(=N)N)cc(C)n1. The molecule has 5 heteroatoms. The number of ether oxygens (including phenoxy) is 2. The summed E-state index contributed by atoms with van der Waals surface area (Å²) in [5.41, 5.74) is 6.80. The lowest BCUT2D eigenvalue weighted by Gasteiger charge is -2.07. The third-order valence-electron chi connectivity index (χ3n) is 1.92. The van der Waals surface area contributed by atoms with E-state index in [4.69, 9.17) is 20.6 Å². The van der Waals surface area contributed by atoms with Crippen molar-refractivity contribution in [3.8, 4) is 5.88 Å². The molecule has 1 heterocycles. The van der Waals surface area contributed by atoms with Crippen LogP contribution in [0.5, 0.6) is 5.88 Å². The molecule has 1 aromatic heterocycles. The lowest BCUT2D eigenvalue weighted by Crippen LogP contribution is -2.13. The average molecular weight is 223 g/mol. The van der Waals surface area contributed by atoms with Crippen molar-refractivity contribution in [2.24, 2.45) is 5.73 Å². The summed E-state index contributed by atoms with van der Waals surface area (Å²) in [7, 11) is 0. The van der Waals surface area contributed by atoms with E-state index >= 15 is 0 Å². The molecule has 0 fully saturated rings. The van der Waals surface area contributed by atoms with Crippen molar-refractivity contribution in [1.82, 2.24) is 4.98 Å². The molecule has 1 aromatic rings. The summed E-state index contributed by atoms with van der Waals surface area (Å²) in [6.07, 6.45) is 0. The molecule has 1 rings (SSSR count). The average Bonchev–Trinajstić information content (AvgIpc) is 2.23. The maximum Gasteiger partial charge on any atom is 0.214 e. The van der Waals surface area contributed by atoms with Gasteiger partial charge in [-0.05, 0) is 19.9 Å². The number of nitrogens with one attached hydrogen (secondary N) is 1. The topological polar surface area (TPSA) is 81.2 Å². The summed E-state index contributed by atoms with van der Waals surface area (Å²) in [5, 5.41) is 7.34. The highest BCUT2D eigenvalue weighted by Gasteiger charge is 2.03. The lowest BCUT2D eigenvalue weighted by molar-refractivity contribution is 0.108. The van der Waals surface area contributed by atoms with Crippen molar-refractivity contribution >= 4 is 5.84 Å². The van der Waals surface area contributed by atoms with Crippen LogP contribution < -0.4 is 10.5 Å². The van der Waals surface area contributed by atoms with Crippen molar-refractivity contribution in [3.63, 3.8) is 0 Å². The van der Waals surface area contributed by atoms with Crippen LogP contribution >= 0.6 is 0 Å². The monoisotopic (exact) mass is 223 g/mol. The first-order chi connectivity index (χ1) is 7.63. The molecule has 0 unspecified atom stereocenters. The van der Waals surface area contributed by atoms with Gasteiger partial charge in [-0.1, -0.05) is 0 Å². The summed E-state index contributed by atoms with van der Waals surface area (Å²) in [6.45, 7) is 5.41. The van der Waals surface area contributed by atoms with Crippen LogP contribution in [0, 0.1) is 12.3 Å². The van der Waals surface area contributed by atoms with Gasteiger partial charge >= 0.3 is 0 Å². The predicted molar refractivity (Wildman–Crippen MR) is 62.0 cm³/mol. The molecule has 0 spiro atoms. The molecular weight excluding hydrogens is 206 g/mol. The second-order valence-electron chi connectivity index (χ2n) is 3.29. The summed E-state index contributed by atoms with van der Waals surface area (Å²) >= 11 is 0. The summed E-state index contributed by atoms with van der Waals surface area (Å²) < 4.78 is 10.5. The molecule has 88 valence electrons. The zero-order chi connectivity index (χ0) is 12.0. The smallest absolute Gasteiger partial charge is 0.214 e. The summed E-state index contributed by atoms with van der Waals surface area (Å²) in [4.78, 5) is 4.18. The summed E-state index contributed by atoms with van der Waals surface area (Å²) in [6, 6.07) is 3.40. The summed E-state index contributed by atoms with van der Waals surface area (Å²) in [5.74, 6) is 0.491. The van der Waals surface area contributed by atoms with Gasteiger partial charge in [0.05, 0.1) is 6.61 Å². The highest BCUT2D eigenvalue weighted by atomic mass is 16.5. The predicted octanol–water partition coefficient (Wildman–Crippen LogP) is 1.09. The number of rotatable bonds is 6. The van der Waals surface area contributed by atoms with E-state index in [0.29, 0.717) is 31.3 Å². The highest BCUT2D eigenvalue weighted by molar-refractivity contribution is 5.95. The minimum absolute atomic E-state index is 0.0140. The molecular formula is C11H17N3O2. The number of aryl methyl sites for hydroxylation is 1. The van der Waals surface area contributed by atoms with Gasteiger partial charge in [-0.3, -0.25) is 5.41 Å². The number of hydrogen-bond acceptors (Lipinski definition) is 4. The van der Waals surface area contributed by atoms with E-state index in [0.717, 1.165) is 5.69 Å². The number of nitrogen functional groups attached to an aromatic ring is 1. The van der Waals surface area contributed by atoms with Gasteiger partial charge in [-0.2, -0.15) is 0 Å². The highest BCUT2D eigenvalue weighted by Crippen LogP contribution is 2.11. The quantitative estimate of drug-likeness (QED) is 0.429. The normalized spacial score (nSPS) is 10.1. The van der Waals surface area contributed by atoms with Crippen LogP contribution in [0.25, 0.3) is 0 Å². The van der Waals surface area contributed by atoms with Crippen molar-refractivity contribution in [3.05, 3.63) is 23.4 Å². The number of amidine groups is 1. The van der Waals surface area contributed by atoms with Crippen LogP contribution in [0.4, 0.5) is 0 Å². The third kappa shape index (κ3) is 3.86. The van der Waals surface area contributed by atoms with E-state index < -0.39 is 0 Å². The van der Waals surface area contributed by atoms with Gasteiger partial charge in [-0.25, -0.2) is 4.98 Å². The number of hydrogen-bond donors (Lipinski definition) is 2. The molecule has 0 bridgehead atoms. The second-order valence-corrected chi connectivity index (χ2v) is 3.29. The number of nitrogens with zero attached hydrogens (tertiary/aromatic N) is 1. The van der Waals surface area contributed by atoms with Gasteiger partial charge < -0.3 is 15.2 Å². The molecule has 0 saturated heterocycles. The Labute approximate surface area is 95.1 Å².